The zero-order chi connectivity index (χ0) is 13.2. The number of nitrogens with two attached hydrogens (primary N) is 1. The SMILES string of the molecule is CC(N)CCCN=C1NS(=O)(=O)c2ccccc21. The van der Waals surface area contributed by atoms with Gasteiger partial charge in [0.1, 0.15) is 5.84 Å². The van der Waals surface area contributed by atoms with E-state index in [2.05, 4.69) is 9.71 Å². The van der Waals surface area contributed by atoms with Gasteiger partial charge in [0.25, 0.3) is 10.0 Å². The van der Waals surface area contributed by atoms with Crippen molar-refractivity contribution in [3.63, 3.8) is 0 Å². The zero-order valence-corrected chi connectivity index (χ0v) is 11.1. The van der Waals surface area contributed by atoms with E-state index in [1.807, 2.05) is 6.92 Å². The molecule has 1 atom stereocenters. The lowest BCUT2D eigenvalue weighted by Gasteiger charge is -2.02. The van der Waals surface area contributed by atoms with Crippen molar-refractivity contribution in [1.82, 2.24) is 4.72 Å². The zero-order valence-electron chi connectivity index (χ0n) is 10.3. The summed E-state index contributed by atoms with van der Waals surface area (Å²) in [6.07, 6.45) is 1.73. The van der Waals surface area contributed by atoms with Gasteiger partial charge in [0.15, 0.2) is 0 Å². The van der Waals surface area contributed by atoms with Crippen molar-refractivity contribution in [2.75, 3.05) is 6.54 Å². The fourth-order valence-corrected chi connectivity index (χ4v) is 3.11. The van der Waals surface area contributed by atoms with E-state index in [9.17, 15) is 8.42 Å². The predicted octanol–water partition coefficient (Wildman–Crippen LogP) is 0.852. The van der Waals surface area contributed by atoms with Gasteiger partial charge in [-0.05, 0) is 31.9 Å². The molecular weight excluding hydrogens is 250 g/mol. The summed E-state index contributed by atoms with van der Waals surface area (Å²) in [6.45, 7) is 2.52. The van der Waals surface area contributed by atoms with E-state index in [4.69, 9.17) is 5.73 Å². The summed E-state index contributed by atoms with van der Waals surface area (Å²) in [5.41, 5.74) is 6.30. The molecule has 0 radical (unpaired) electrons. The Morgan fingerprint density at radius 2 is 2.11 bits per heavy atom. The molecule has 1 aromatic carbocycles. The Morgan fingerprint density at radius 3 is 2.83 bits per heavy atom. The van der Waals surface area contributed by atoms with Crippen molar-refractivity contribution in [3.05, 3.63) is 29.8 Å². The first-order valence-electron chi connectivity index (χ1n) is 5.93. The van der Waals surface area contributed by atoms with Crippen LogP contribution in [0.15, 0.2) is 34.2 Å². The third-order valence-corrected chi connectivity index (χ3v) is 4.15. The van der Waals surface area contributed by atoms with Crippen LogP contribution < -0.4 is 10.5 Å². The topological polar surface area (TPSA) is 84.5 Å². The minimum atomic E-state index is -3.41. The summed E-state index contributed by atoms with van der Waals surface area (Å²) in [6, 6.07) is 7.01. The third-order valence-electron chi connectivity index (χ3n) is 2.75. The molecule has 0 spiro atoms. The summed E-state index contributed by atoms with van der Waals surface area (Å²) in [7, 11) is -3.41. The Morgan fingerprint density at radius 1 is 1.39 bits per heavy atom. The first-order chi connectivity index (χ1) is 8.50. The highest BCUT2D eigenvalue weighted by Gasteiger charge is 2.29. The van der Waals surface area contributed by atoms with Crippen molar-refractivity contribution in [2.24, 2.45) is 10.7 Å². The number of rotatable bonds is 4. The number of hydrogen-bond donors (Lipinski definition) is 2. The maximum absolute atomic E-state index is 11.8. The number of nitrogens with zero attached hydrogens (tertiary/aromatic N) is 1. The maximum atomic E-state index is 11.8. The Hall–Kier alpha value is -1.40. The van der Waals surface area contributed by atoms with Crippen LogP contribution in [0.1, 0.15) is 25.3 Å². The molecule has 3 N–H and O–H groups in total. The molecule has 1 aromatic rings. The normalized spacial score (nSPS) is 20.4. The molecule has 98 valence electrons. The molecule has 2 rings (SSSR count). The van der Waals surface area contributed by atoms with E-state index < -0.39 is 10.0 Å². The Balaban J connectivity index is 2.15. The van der Waals surface area contributed by atoms with Crippen LogP contribution in [0.2, 0.25) is 0 Å². The van der Waals surface area contributed by atoms with Crippen LogP contribution in [0.3, 0.4) is 0 Å². The van der Waals surface area contributed by atoms with Gasteiger partial charge in [-0.25, -0.2) is 8.42 Å². The molecule has 0 aromatic heterocycles. The predicted molar refractivity (Wildman–Crippen MR) is 71.1 cm³/mol. The van der Waals surface area contributed by atoms with Crippen molar-refractivity contribution in [1.29, 1.82) is 0 Å². The number of amidine groups is 1. The van der Waals surface area contributed by atoms with E-state index in [0.29, 0.717) is 22.8 Å². The average Bonchev–Trinajstić information content (AvgIpc) is 2.57. The highest BCUT2D eigenvalue weighted by atomic mass is 32.2. The van der Waals surface area contributed by atoms with Crippen LogP contribution in [-0.4, -0.2) is 26.8 Å². The Kier molecular flexibility index (Phi) is 3.68. The van der Waals surface area contributed by atoms with Gasteiger partial charge in [0.05, 0.1) is 4.90 Å². The number of hydrogen-bond acceptors (Lipinski definition) is 4. The standard InChI is InChI=1S/C12H17N3O2S/c1-9(13)5-4-8-14-12-10-6-2-3-7-11(10)18(16,17)15-12/h2-3,6-7,9H,4-5,8,13H2,1H3,(H,14,15). The van der Waals surface area contributed by atoms with Crippen molar-refractivity contribution in [3.8, 4) is 0 Å². The highest BCUT2D eigenvalue weighted by Crippen LogP contribution is 2.22. The molecule has 1 heterocycles. The molecule has 1 unspecified atom stereocenters. The molecule has 0 saturated heterocycles. The van der Waals surface area contributed by atoms with Crippen molar-refractivity contribution < 1.29 is 8.42 Å². The second-order valence-corrected chi connectivity index (χ2v) is 6.10. The fraction of sp³-hybridized carbons (Fsp3) is 0.417. The van der Waals surface area contributed by atoms with Crippen molar-refractivity contribution >= 4 is 15.9 Å². The minimum Gasteiger partial charge on any atom is -0.328 e. The average molecular weight is 267 g/mol. The molecule has 0 amide bonds. The summed E-state index contributed by atoms with van der Waals surface area (Å²) in [5, 5.41) is 0. The van der Waals surface area contributed by atoms with E-state index in [-0.39, 0.29) is 6.04 Å². The lowest BCUT2D eigenvalue weighted by molar-refractivity contribution is 0.595. The molecule has 18 heavy (non-hydrogen) atoms. The monoisotopic (exact) mass is 267 g/mol. The lowest BCUT2D eigenvalue weighted by Crippen LogP contribution is -2.22. The molecule has 6 heteroatoms. The number of nitrogens with one attached hydrogen (secondary N) is 1. The van der Waals surface area contributed by atoms with Gasteiger partial charge >= 0.3 is 0 Å². The summed E-state index contributed by atoms with van der Waals surface area (Å²) in [4.78, 5) is 4.60. The number of fused-ring (bicyclic) bond motifs is 1. The quantitative estimate of drug-likeness (QED) is 0.793. The van der Waals surface area contributed by atoms with E-state index in [1.165, 1.54) is 0 Å². The van der Waals surface area contributed by atoms with Crippen LogP contribution in [0, 0.1) is 0 Å². The van der Waals surface area contributed by atoms with Crippen LogP contribution in [0.4, 0.5) is 0 Å². The van der Waals surface area contributed by atoms with Gasteiger partial charge in [-0.15, -0.1) is 0 Å². The molecule has 1 aliphatic rings. The largest absolute Gasteiger partial charge is 0.328 e. The summed E-state index contributed by atoms with van der Waals surface area (Å²) >= 11 is 0. The smallest absolute Gasteiger partial charge is 0.263 e. The van der Waals surface area contributed by atoms with Gasteiger partial charge < -0.3 is 5.73 Å². The molecule has 0 saturated carbocycles. The van der Waals surface area contributed by atoms with Gasteiger partial charge in [0.2, 0.25) is 0 Å². The third kappa shape index (κ3) is 2.70. The lowest BCUT2D eigenvalue weighted by atomic mass is 10.2. The van der Waals surface area contributed by atoms with Crippen LogP contribution >= 0.6 is 0 Å². The Bertz CT molecular complexity index is 564. The molecule has 0 fully saturated rings. The maximum Gasteiger partial charge on any atom is 0.263 e. The fourth-order valence-electron chi connectivity index (χ4n) is 1.86. The van der Waals surface area contributed by atoms with Crippen LogP contribution in [-0.2, 0) is 10.0 Å². The Labute approximate surface area is 107 Å². The second-order valence-electron chi connectivity index (χ2n) is 4.45. The molecule has 5 nitrogen and oxygen atoms in total. The van der Waals surface area contributed by atoms with Gasteiger partial charge in [0, 0.05) is 18.2 Å². The van der Waals surface area contributed by atoms with Gasteiger partial charge in [-0.3, -0.25) is 9.71 Å². The van der Waals surface area contributed by atoms with Gasteiger partial charge in [-0.2, -0.15) is 0 Å². The molecular formula is C12H17N3O2S. The molecule has 1 aliphatic heterocycles. The van der Waals surface area contributed by atoms with Crippen molar-refractivity contribution in [2.45, 2.75) is 30.7 Å². The first-order valence-corrected chi connectivity index (χ1v) is 7.41. The van der Waals surface area contributed by atoms with Crippen LogP contribution in [0.25, 0.3) is 0 Å². The summed E-state index contributed by atoms with van der Waals surface area (Å²) in [5.74, 6) is 0.440. The minimum absolute atomic E-state index is 0.151. The van der Waals surface area contributed by atoms with E-state index in [0.717, 1.165) is 12.8 Å². The van der Waals surface area contributed by atoms with E-state index in [1.54, 1.807) is 24.3 Å². The van der Waals surface area contributed by atoms with Crippen LogP contribution in [0.5, 0.6) is 0 Å². The summed E-state index contributed by atoms with van der Waals surface area (Å²) < 4.78 is 26.1. The second kappa shape index (κ2) is 5.07. The van der Waals surface area contributed by atoms with E-state index >= 15 is 0 Å². The number of benzene rings is 1. The number of sulfonamides is 1. The number of aliphatic imine (C=N–C) groups is 1. The first kappa shape index (κ1) is 13.0. The highest BCUT2D eigenvalue weighted by molar-refractivity contribution is 7.90. The molecule has 0 bridgehead atoms. The molecule has 0 aliphatic carbocycles. The van der Waals surface area contributed by atoms with Gasteiger partial charge in [-0.1, -0.05) is 12.1 Å².